The van der Waals surface area contributed by atoms with Crippen LogP contribution in [0.5, 0.6) is 23.0 Å². The molecule has 0 N–H and O–H groups in total. The number of benzene rings is 6. The molecule has 4 aliphatic heterocycles. The molecule has 7 nitrogen and oxygen atoms in total. The summed E-state index contributed by atoms with van der Waals surface area (Å²) in [5, 5.41) is 2.35. The Bertz CT molecular complexity index is 3120. The van der Waals surface area contributed by atoms with Crippen LogP contribution in [-0.2, 0) is 16.2 Å². The van der Waals surface area contributed by atoms with Crippen LogP contribution in [0.3, 0.4) is 0 Å². The first-order valence-corrected chi connectivity index (χ1v) is 21.3. The maximum atomic E-state index is 6.68. The van der Waals surface area contributed by atoms with Crippen molar-refractivity contribution in [3.8, 4) is 28.8 Å². The van der Waals surface area contributed by atoms with Crippen LogP contribution in [0.15, 0.2) is 146 Å². The molecule has 0 amide bonds. The second kappa shape index (κ2) is 12.3. The Morgan fingerprint density at radius 3 is 1.92 bits per heavy atom. The molecule has 2 aromatic heterocycles. The molecule has 0 radical (unpaired) electrons. The van der Waals surface area contributed by atoms with Crippen LogP contribution in [-0.4, -0.2) is 16.2 Å². The van der Waals surface area contributed by atoms with Crippen LogP contribution in [0.1, 0.15) is 76.3 Å². The van der Waals surface area contributed by atoms with Gasteiger partial charge in [-0.1, -0.05) is 97.0 Å². The van der Waals surface area contributed by atoms with Crippen molar-refractivity contribution in [2.45, 2.75) is 64.7 Å². The standard InChI is InChI=1S/C54H47N5O2/c1-52(2,3)33-23-24-55-48(27-33)58-44-18-9-8-15-38(44)39-22-21-37(31-45(39)58)60-36-14-10-13-34(28-36)56-25-26-57(32-56)35-29-42-49-43(30-35)54(6,7)41-17-12-20-47-51(41)59(49)50-40(53(42,4)5)16-11-19-46(50)61-47/h8-31H,32H2,1-7H3. The van der Waals surface area contributed by atoms with Gasteiger partial charge in [0.2, 0.25) is 0 Å². The average Bonchev–Trinajstić information content (AvgIpc) is 3.88. The molecular weight excluding hydrogens is 751 g/mol. The third-order valence-corrected chi connectivity index (χ3v) is 13.6. The zero-order valence-corrected chi connectivity index (χ0v) is 35.6. The first kappa shape index (κ1) is 35.9. The molecular formula is C54H47N5O2. The summed E-state index contributed by atoms with van der Waals surface area (Å²) < 4.78 is 15.6. The lowest BCUT2D eigenvalue weighted by Crippen LogP contribution is -2.40. The predicted molar refractivity (Wildman–Crippen MR) is 248 cm³/mol. The fourth-order valence-corrected chi connectivity index (χ4v) is 10.3. The Kier molecular flexibility index (Phi) is 7.24. The van der Waals surface area contributed by atoms with E-state index in [9.17, 15) is 0 Å². The first-order chi connectivity index (χ1) is 29.4. The second-order valence-corrected chi connectivity index (χ2v) is 19.0. The van der Waals surface area contributed by atoms with Crippen LogP contribution in [0.4, 0.5) is 28.4 Å². The van der Waals surface area contributed by atoms with Crippen molar-refractivity contribution in [1.82, 2.24) is 9.55 Å². The minimum atomic E-state index is -0.246. The van der Waals surface area contributed by atoms with Crippen molar-refractivity contribution >= 4 is 50.2 Å². The van der Waals surface area contributed by atoms with E-state index in [1.807, 2.05) is 12.3 Å². The highest BCUT2D eigenvalue weighted by Gasteiger charge is 2.49. The first-order valence-electron chi connectivity index (χ1n) is 21.3. The quantitative estimate of drug-likeness (QED) is 0.173. The number of nitrogens with zero attached hydrogens (tertiary/aromatic N) is 5. The van der Waals surface area contributed by atoms with Crippen LogP contribution >= 0.6 is 0 Å². The van der Waals surface area contributed by atoms with Crippen molar-refractivity contribution in [2.24, 2.45) is 0 Å². The van der Waals surface area contributed by atoms with Crippen LogP contribution in [0.2, 0.25) is 0 Å². The SMILES string of the molecule is CC(C)(C)c1ccnc(-n2c3ccccc3c3ccc(Oc4cccc(N5C=CN(c6cc7c8c(c6)C(C)(C)c6cccc9c6N8c6c(cccc6C7(C)C)O9)C5)c4)cc32)c1. The van der Waals surface area contributed by atoms with Gasteiger partial charge in [-0.15, -0.1) is 0 Å². The summed E-state index contributed by atoms with van der Waals surface area (Å²) in [5.74, 6) is 4.29. The molecule has 0 atom stereocenters. The van der Waals surface area contributed by atoms with Gasteiger partial charge in [0, 0.05) is 63.7 Å². The molecule has 7 heteroatoms. The van der Waals surface area contributed by atoms with Crippen LogP contribution < -0.4 is 24.2 Å². The lowest BCUT2D eigenvalue weighted by atomic mass is 9.65. The molecule has 0 aliphatic carbocycles. The van der Waals surface area contributed by atoms with E-state index >= 15 is 0 Å². The Labute approximate surface area is 356 Å². The van der Waals surface area contributed by atoms with Gasteiger partial charge in [0.05, 0.1) is 34.8 Å². The lowest BCUT2D eigenvalue weighted by molar-refractivity contribution is 0.464. The molecule has 8 aromatic rings. The molecule has 0 fully saturated rings. The van der Waals surface area contributed by atoms with Crippen LogP contribution in [0.25, 0.3) is 27.6 Å². The highest BCUT2D eigenvalue weighted by molar-refractivity contribution is 6.09. The van der Waals surface area contributed by atoms with Gasteiger partial charge in [-0.3, -0.25) is 4.57 Å². The molecule has 4 aliphatic rings. The topological polar surface area (TPSA) is 46.0 Å². The minimum absolute atomic E-state index is 0.000507. The van der Waals surface area contributed by atoms with E-state index < -0.39 is 0 Å². The molecule has 0 saturated heterocycles. The summed E-state index contributed by atoms with van der Waals surface area (Å²) in [4.78, 5) is 12.0. The number of para-hydroxylation sites is 3. The summed E-state index contributed by atoms with van der Waals surface area (Å²) in [7, 11) is 0. The van der Waals surface area contributed by atoms with E-state index in [1.165, 1.54) is 56.0 Å². The average molecular weight is 798 g/mol. The fourth-order valence-electron chi connectivity index (χ4n) is 10.3. The summed E-state index contributed by atoms with van der Waals surface area (Å²) >= 11 is 0. The summed E-state index contributed by atoms with van der Waals surface area (Å²) in [6, 6.07) is 45.5. The van der Waals surface area contributed by atoms with Gasteiger partial charge < -0.3 is 24.2 Å². The minimum Gasteiger partial charge on any atom is -0.457 e. The molecule has 0 bridgehead atoms. The smallest absolute Gasteiger partial charge is 0.151 e. The fraction of sp³-hybridized carbons (Fsp3) is 0.204. The van der Waals surface area contributed by atoms with Crippen molar-refractivity contribution in [1.29, 1.82) is 0 Å². The molecule has 0 saturated carbocycles. The Morgan fingerprint density at radius 2 is 1.21 bits per heavy atom. The lowest BCUT2D eigenvalue weighted by Gasteiger charge is -2.51. The number of aromatic nitrogens is 2. The maximum Gasteiger partial charge on any atom is 0.151 e. The highest BCUT2D eigenvalue weighted by atomic mass is 16.5. The van der Waals surface area contributed by atoms with Gasteiger partial charge >= 0.3 is 0 Å². The van der Waals surface area contributed by atoms with Gasteiger partial charge in [0.1, 0.15) is 17.3 Å². The van der Waals surface area contributed by atoms with Gasteiger partial charge in [0.15, 0.2) is 11.5 Å². The van der Waals surface area contributed by atoms with E-state index in [1.54, 1.807) is 0 Å². The Hall–Kier alpha value is -6.99. The third-order valence-electron chi connectivity index (χ3n) is 13.6. The number of anilines is 5. The monoisotopic (exact) mass is 797 g/mol. The predicted octanol–water partition coefficient (Wildman–Crippen LogP) is 13.9. The molecule has 12 rings (SSSR count). The van der Waals surface area contributed by atoms with E-state index in [4.69, 9.17) is 14.5 Å². The molecule has 0 unspecified atom stereocenters. The second-order valence-electron chi connectivity index (χ2n) is 19.0. The number of rotatable bonds is 5. The molecule has 300 valence electrons. The van der Waals surface area contributed by atoms with E-state index in [2.05, 4.69) is 201 Å². The van der Waals surface area contributed by atoms with Gasteiger partial charge in [-0.05, 0) is 100.0 Å². The number of fused-ring (bicyclic) bond motifs is 3. The number of ether oxygens (including phenoxy) is 2. The molecule has 61 heavy (non-hydrogen) atoms. The van der Waals surface area contributed by atoms with Crippen molar-refractivity contribution in [3.63, 3.8) is 0 Å². The number of pyridine rings is 1. The van der Waals surface area contributed by atoms with Gasteiger partial charge in [-0.25, -0.2) is 4.98 Å². The van der Waals surface area contributed by atoms with E-state index in [0.717, 1.165) is 50.9 Å². The maximum absolute atomic E-state index is 6.68. The number of hydrogen-bond donors (Lipinski definition) is 0. The van der Waals surface area contributed by atoms with Crippen LogP contribution in [0, 0.1) is 0 Å². The summed E-state index contributed by atoms with van der Waals surface area (Å²) in [6.07, 6.45) is 6.30. The third kappa shape index (κ3) is 5.13. The summed E-state index contributed by atoms with van der Waals surface area (Å²) in [6.45, 7) is 16.8. The molecule has 6 heterocycles. The van der Waals surface area contributed by atoms with E-state index in [0.29, 0.717) is 6.67 Å². The zero-order valence-electron chi connectivity index (χ0n) is 35.6. The largest absolute Gasteiger partial charge is 0.457 e. The van der Waals surface area contributed by atoms with Crippen molar-refractivity contribution < 1.29 is 9.47 Å². The summed E-state index contributed by atoms with van der Waals surface area (Å²) in [5.41, 5.74) is 14.0. The zero-order chi connectivity index (χ0) is 41.6. The van der Waals surface area contributed by atoms with Gasteiger partial charge in [-0.2, -0.15) is 0 Å². The Morgan fingerprint density at radius 1 is 0.574 bits per heavy atom. The van der Waals surface area contributed by atoms with E-state index in [-0.39, 0.29) is 16.2 Å². The Balaban J connectivity index is 0.874. The van der Waals surface area contributed by atoms with Gasteiger partial charge in [0.25, 0.3) is 0 Å². The molecule has 0 spiro atoms. The number of hydrogen-bond acceptors (Lipinski definition) is 6. The van der Waals surface area contributed by atoms with Crippen molar-refractivity contribution in [2.75, 3.05) is 21.4 Å². The van der Waals surface area contributed by atoms with Crippen molar-refractivity contribution in [3.05, 3.63) is 174 Å². The highest BCUT2D eigenvalue weighted by Crippen LogP contribution is 2.66. The molecule has 6 aromatic carbocycles. The normalized spacial score (nSPS) is 16.3.